The largest absolute Gasteiger partial charge is 0.475 e. The highest BCUT2D eigenvalue weighted by atomic mass is 32.1. The molecule has 1 N–H and O–H groups in total. The number of thiazole rings is 1. The SMILES string of the molecule is CC1=N[C@@]2(c3nc(NC(=O)c4ccc(OC(F)F)cn4)cs3)CO[C@@H](C)C[C@H]2[C@@H](CF)O1. The second-order valence-electron chi connectivity index (χ2n) is 7.58. The van der Waals surface area contributed by atoms with Gasteiger partial charge in [-0.15, -0.1) is 11.3 Å². The van der Waals surface area contributed by atoms with Crippen molar-refractivity contribution in [1.82, 2.24) is 9.97 Å². The van der Waals surface area contributed by atoms with Crippen LogP contribution >= 0.6 is 11.3 Å². The van der Waals surface area contributed by atoms with Crippen LogP contribution in [-0.2, 0) is 15.0 Å². The molecule has 4 heterocycles. The molecule has 32 heavy (non-hydrogen) atoms. The van der Waals surface area contributed by atoms with Crippen LogP contribution in [0.25, 0.3) is 0 Å². The first-order valence-corrected chi connectivity index (χ1v) is 10.8. The Bertz CT molecular complexity index is 1000. The van der Waals surface area contributed by atoms with Crippen molar-refractivity contribution >= 4 is 29.0 Å². The van der Waals surface area contributed by atoms with Crippen molar-refractivity contribution in [2.45, 2.75) is 44.6 Å². The molecule has 1 amide bonds. The van der Waals surface area contributed by atoms with Gasteiger partial charge in [-0.05, 0) is 25.5 Å². The van der Waals surface area contributed by atoms with Crippen LogP contribution in [0, 0.1) is 5.92 Å². The molecule has 2 aromatic heterocycles. The molecule has 1 saturated heterocycles. The van der Waals surface area contributed by atoms with Crippen molar-refractivity contribution in [2.24, 2.45) is 10.9 Å². The summed E-state index contributed by atoms with van der Waals surface area (Å²) in [7, 11) is 0. The fourth-order valence-corrected chi connectivity index (χ4v) is 4.93. The number of anilines is 1. The van der Waals surface area contributed by atoms with Crippen molar-refractivity contribution in [3.05, 3.63) is 34.4 Å². The fraction of sp³-hybridized carbons (Fsp3) is 0.500. The molecular formula is C20H21F3N4O4S. The first kappa shape index (κ1) is 22.5. The molecule has 4 atom stereocenters. The van der Waals surface area contributed by atoms with E-state index in [1.165, 1.54) is 23.5 Å². The van der Waals surface area contributed by atoms with Crippen LogP contribution < -0.4 is 10.1 Å². The number of carbonyl (C=O) groups excluding carboxylic acids is 1. The molecule has 2 aromatic rings. The lowest BCUT2D eigenvalue weighted by Crippen LogP contribution is -2.54. The Balaban J connectivity index is 1.54. The molecule has 0 aromatic carbocycles. The third-order valence-corrected chi connectivity index (χ3v) is 6.39. The van der Waals surface area contributed by atoms with Gasteiger partial charge in [-0.1, -0.05) is 0 Å². The predicted molar refractivity (Wildman–Crippen MR) is 110 cm³/mol. The van der Waals surface area contributed by atoms with E-state index < -0.39 is 30.8 Å². The number of alkyl halides is 3. The molecule has 0 bridgehead atoms. The van der Waals surface area contributed by atoms with E-state index in [4.69, 9.17) is 9.47 Å². The van der Waals surface area contributed by atoms with Gasteiger partial charge in [-0.3, -0.25) is 4.79 Å². The van der Waals surface area contributed by atoms with Gasteiger partial charge in [-0.25, -0.2) is 19.4 Å². The fourth-order valence-electron chi connectivity index (χ4n) is 3.98. The highest BCUT2D eigenvalue weighted by molar-refractivity contribution is 7.10. The minimum absolute atomic E-state index is 0.00413. The van der Waals surface area contributed by atoms with Gasteiger partial charge >= 0.3 is 6.61 Å². The van der Waals surface area contributed by atoms with Gasteiger partial charge in [0.1, 0.15) is 40.6 Å². The summed E-state index contributed by atoms with van der Waals surface area (Å²) in [6.07, 6.45) is 0.873. The molecule has 0 radical (unpaired) electrons. The molecule has 4 rings (SSSR count). The van der Waals surface area contributed by atoms with Crippen LogP contribution in [0.15, 0.2) is 28.7 Å². The van der Waals surface area contributed by atoms with E-state index in [0.29, 0.717) is 17.3 Å². The van der Waals surface area contributed by atoms with Crippen molar-refractivity contribution < 1.29 is 32.2 Å². The highest BCUT2D eigenvalue weighted by Crippen LogP contribution is 2.47. The Hall–Kier alpha value is -2.73. The minimum atomic E-state index is -2.98. The Kier molecular flexibility index (Phi) is 6.33. The maximum atomic E-state index is 13.7. The molecule has 2 aliphatic heterocycles. The molecular weight excluding hydrogens is 449 g/mol. The van der Waals surface area contributed by atoms with Gasteiger partial charge in [0.15, 0.2) is 5.90 Å². The molecule has 0 unspecified atom stereocenters. The maximum Gasteiger partial charge on any atom is 0.387 e. The normalized spacial score (nSPS) is 27.3. The molecule has 2 aliphatic rings. The number of ether oxygens (including phenoxy) is 3. The van der Waals surface area contributed by atoms with Crippen LogP contribution in [0.5, 0.6) is 5.75 Å². The van der Waals surface area contributed by atoms with Crippen molar-refractivity contribution in [3.63, 3.8) is 0 Å². The lowest BCUT2D eigenvalue weighted by Gasteiger charge is -2.47. The Morgan fingerprint density at radius 2 is 2.25 bits per heavy atom. The Morgan fingerprint density at radius 1 is 1.44 bits per heavy atom. The van der Waals surface area contributed by atoms with Crippen LogP contribution in [-0.4, -0.2) is 53.9 Å². The summed E-state index contributed by atoms with van der Waals surface area (Å²) in [4.78, 5) is 25.5. The van der Waals surface area contributed by atoms with Crippen LogP contribution in [0.4, 0.5) is 19.0 Å². The summed E-state index contributed by atoms with van der Waals surface area (Å²) >= 11 is 1.28. The van der Waals surface area contributed by atoms with Crippen LogP contribution in [0.3, 0.4) is 0 Å². The van der Waals surface area contributed by atoms with E-state index in [9.17, 15) is 18.0 Å². The number of halogens is 3. The zero-order chi connectivity index (χ0) is 22.9. The third-order valence-electron chi connectivity index (χ3n) is 5.38. The van der Waals surface area contributed by atoms with Gasteiger partial charge in [0.25, 0.3) is 5.91 Å². The van der Waals surface area contributed by atoms with E-state index in [2.05, 4.69) is 25.0 Å². The monoisotopic (exact) mass is 470 g/mol. The van der Waals surface area contributed by atoms with Gasteiger partial charge in [0.05, 0.1) is 18.9 Å². The van der Waals surface area contributed by atoms with E-state index in [0.717, 1.165) is 6.20 Å². The van der Waals surface area contributed by atoms with Crippen LogP contribution in [0.1, 0.15) is 35.8 Å². The number of hydrogen-bond donors (Lipinski definition) is 1. The quantitative estimate of drug-likeness (QED) is 0.690. The molecule has 0 saturated carbocycles. The smallest absolute Gasteiger partial charge is 0.387 e. The molecule has 8 nitrogen and oxygen atoms in total. The average molecular weight is 470 g/mol. The summed E-state index contributed by atoms with van der Waals surface area (Å²) in [5.41, 5.74) is -0.893. The first-order chi connectivity index (χ1) is 15.3. The average Bonchev–Trinajstić information content (AvgIpc) is 3.22. The van der Waals surface area contributed by atoms with E-state index in [1.54, 1.807) is 12.3 Å². The van der Waals surface area contributed by atoms with Crippen LogP contribution in [0.2, 0.25) is 0 Å². The highest BCUT2D eigenvalue weighted by Gasteiger charge is 2.53. The first-order valence-electron chi connectivity index (χ1n) is 9.89. The maximum absolute atomic E-state index is 13.7. The van der Waals surface area contributed by atoms with Gasteiger partial charge < -0.3 is 19.5 Å². The van der Waals surface area contributed by atoms with Crippen molar-refractivity contribution in [2.75, 3.05) is 18.6 Å². The topological polar surface area (TPSA) is 94.9 Å². The number of fused-ring (bicyclic) bond motifs is 1. The number of amides is 1. The number of pyridine rings is 1. The summed E-state index contributed by atoms with van der Waals surface area (Å²) in [5.74, 6) is -0.356. The lowest BCUT2D eigenvalue weighted by molar-refractivity contribution is -0.101. The van der Waals surface area contributed by atoms with Gasteiger partial charge in [0.2, 0.25) is 0 Å². The van der Waals surface area contributed by atoms with E-state index >= 15 is 0 Å². The Labute approximate surface area is 185 Å². The predicted octanol–water partition coefficient (Wildman–Crippen LogP) is 3.80. The van der Waals surface area contributed by atoms with Gasteiger partial charge in [0, 0.05) is 18.2 Å². The molecule has 0 spiro atoms. The number of rotatable bonds is 6. The molecule has 12 heteroatoms. The number of nitrogens with zero attached hydrogens (tertiary/aromatic N) is 3. The van der Waals surface area contributed by atoms with Gasteiger partial charge in [-0.2, -0.15) is 8.78 Å². The zero-order valence-electron chi connectivity index (χ0n) is 17.3. The molecule has 172 valence electrons. The summed E-state index contributed by atoms with van der Waals surface area (Å²) in [6, 6.07) is 2.49. The number of aromatic nitrogens is 2. The lowest BCUT2D eigenvalue weighted by atomic mass is 9.75. The van der Waals surface area contributed by atoms with Crippen molar-refractivity contribution in [3.8, 4) is 5.75 Å². The number of aliphatic imine (C=N–C) groups is 1. The summed E-state index contributed by atoms with van der Waals surface area (Å²) < 4.78 is 54.0. The molecule has 1 fully saturated rings. The molecule has 0 aliphatic carbocycles. The second kappa shape index (κ2) is 9.02. The number of carbonyl (C=O) groups is 1. The van der Waals surface area contributed by atoms with E-state index in [-0.39, 0.29) is 35.9 Å². The number of hydrogen-bond acceptors (Lipinski definition) is 8. The zero-order valence-corrected chi connectivity index (χ0v) is 18.1. The second-order valence-corrected chi connectivity index (χ2v) is 8.44. The third kappa shape index (κ3) is 4.42. The van der Waals surface area contributed by atoms with Crippen molar-refractivity contribution in [1.29, 1.82) is 0 Å². The Morgan fingerprint density at radius 3 is 2.94 bits per heavy atom. The summed E-state index contributed by atoms with van der Waals surface area (Å²) in [5, 5.41) is 4.86. The summed E-state index contributed by atoms with van der Waals surface area (Å²) in [6.45, 7) is 0.181. The standard InChI is InChI=1S/C20H21F3N4O4S/c1-10-5-13-15(6-21)30-11(2)27-20(13,9-29-10)18-26-16(8-32-18)25-17(28)14-4-3-12(7-24-14)31-19(22)23/h3-4,7-8,10,13,15,19H,5-6,9H2,1-2H3,(H,25,28)/t10-,13-,15+,20-/m0/s1. The minimum Gasteiger partial charge on any atom is -0.475 e. The van der Waals surface area contributed by atoms with E-state index in [1.807, 2.05) is 6.92 Å². The number of nitrogens with one attached hydrogen (secondary N) is 1.